The highest BCUT2D eigenvalue weighted by molar-refractivity contribution is 6.01. The molecule has 1 aliphatic rings. The fraction of sp³-hybridized carbons (Fsp3) is 0.364. The van der Waals surface area contributed by atoms with Crippen LogP contribution in [0.3, 0.4) is 0 Å². The molecule has 0 radical (unpaired) electrons. The van der Waals surface area contributed by atoms with Gasteiger partial charge < -0.3 is 9.74 Å². The van der Waals surface area contributed by atoms with Crippen LogP contribution in [-0.2, 0) is 16.2 Å². The Kier molecular flexibility index (Phi) is 6.22. The van der Waals surface area contributed by atoms with Gasteiger partial charge in [-0.05, 0) is 29.2 Å². The summed E-state index contributed by atoms with van der Waals surface area (Å²) in [4.78, 5) is 20.1. The fourth-order valence-electron chi connectivity index (χ4n) is 3.12. The zero-order valence-corrected chi connectivity index (χ0v) is 15.8. The van der Waals surface area contributed by atoms with Gasteiger partial charge in [0.2, 0.25) is 5.91 Å². The van der Waals surface area contributed by atoms with Gasteiger partial charge in [-0.1, -0.05) is 61.5 Å². The Hall–Kier alpha value is -2.69. The molecular formula is C22H25FN2O2. The number of carbonyl (C=O) groups is 1. The Morgan fingerprint density at radius 3 is 2.56 bits per heavy atom. The molecule has 1 amide bonds. The predicted octanol–water partition coefficient (Wildman–Crippen LogP) is 4.39. The largest absolute Gasteiger partial charge is 0.390 e. The maximum atomic E-state index is 13.2. The monoisotopic (exact) mass is 368 g/mol. The van der Waals surface area contributed by atoms with Crippen molar-refractivity contribution in [2.75, 3.05) is 6.54 Å². The molecule has 0 saturated heterocycles. The molecule has 0 unspecified atom stereocenters. The van der Waals surface area contributed by atoms with Crippen LogP contribution < -0.4 is 0 Å². The van der Waals surface area contributed by atoms with E-state index in [2.05, 4.69) is 5.16 Å². The van der Waals surface area contributed by atoms with E-state index in [0.717, 1.165) is 16.8 Å². The molecule has 1 heterocycles. The first-order valence-electron chi connectivity index (χ1n) is 9.31. The van der Waals surface area contributed by atoms with Crippen LogP contribution in [0.15, 0.2) is 59.8 Å². The molecule has 2 aromatic rings. The van der Waals surface area contributed by atoms with E-state index >= 15 is 0 Å². The molecule has 4 nitrogen and oxygen atoms in total. The van der Waals surface area contributed by atoms with Crippen molar-refractivity contribution < 1.29 is 14.0 Å². The molecule has 0 saturated carbocycles. The van der Waals surface area contributed by atoms with Crippen LogP contribution in [0.4, 0.5) is 4.39 Å². The van der Waals surface area contributed by atoms with Crippen LogP contribution in [0.2, 0.25) is 0 Å². The van der Waals surface area contributed by atoms with Crippen molar-refractivity contribution in [1.29, 1.82) is 0 Å². The van der Waals surface area contributed by atoms with E-state index in [1.54, 1.807) is 17.0 Å². The molecule has 0 spiro atoms. The summed E-state index contributed by atoms with van der Waals surface area (Å²) < 4.78 is 13.2. The lowest BCUT2D eigenvalue weighted by Gasteiger charge is -2.26. The third kappa shape index (κ3) is 5.39. The smallest absolute Gasteiger partial charge is 0.223 e. The van der Waals surface area contributed by atoms with Gasteiger partial charge in [0.15, 0.2) is 6.10 Å². The lowest BCUT2D eigenvalue weighted by Crippen LogP contribution is -2.37. The van der Waals surface area contributed by atoms with Crippen LogP contribution in [0.1, 0.15) is 37.8 Å². The molecule has 3 rings (SSSR count). The van der Waals surface area contributed by atoms with Crippen molar-refractivity contribution in [3.8, 4) is 0 Å². The molecule has 2 aromatic carbocycles. The Labute approximate surface area is 159 Å². The van der Waals surface area contributed by atoms with E-state index in [0.29, 0.717) is 25.9 Å². The quantitative estimate of drug-likeness (QED) is 0.727. The number of amides is 1. The van der Waals surface area contributed by atoms with Gasteiger partial charge in [0.25, 0.3) is 0 Å². The Balaban J connectivity index is 1.66. The van der Waals surface area contributed by atoms with Crippen LogP contribution >= 0.6 is 0 Å². The number of halogens is 1. The van der Waals surface area contributed by atoms with Crippen molar-refractivity contribution in [3.05, 3.63) is 71.5 Å². The minimum atomic E-state index is -0.279. The van der Waals surface area contributed by atoms with E-state index in [1.165, 1.54) is 12.1 Å². The maximum absolute atomic E-state index is 13.2. The summed E-state index contributed by atoms with van der Waals surface area (Å²) >= 11 is 0. The minimum Gasteiger partial charge on any atom is -0.390 e. The summed E-state index contributed by atoms with van der Waals surface area (Å²) in [6, 6.07) is 16.2. The van der Waals surface area contributed by atoms with Gasteiger partial charge in [-0.2, -0.15) is 0 Å². The topological polar surface area (TPSA) is 41.9 Å². The van der Waals surface area contributed by atoms with E-state index in [4.69, 9.17) is 4.84 Å². The average molecular weight is 368 g/mol. The van der Waals surface area contributed by atoms with E-state index < -0.39 is 0 Å². The van der Waals surface area contributed by atoms with Gasteiger partial charge in [0, 0.05) is 19.4 Å². The molecule has 27 heavy (non-hydrogen) atoms. The number of rotatable bonds is 7. The van der Waals surface area contributed by atoms with Gasteiger partial charge >= 0.3 is 0 Å². The number of carbonyl (C=O) groups excluding carboxylic acids is 1. The summed E-state index contributed by atoms with van der Waals surface area (Å²) in [5.74, 6) is 0.0683. The Bertz CT molecular complexity index is 788. The standard InChI is InChI=1S/C22H25FN2O2/c1-16(2)12-22(26)25(14-17-8-10-19(23)11-9-17)15-20-13-21(24-27-20)18-6-4-3-5-7-18/h3-11,16,20H,12-15H2,1-2H3/t20-/m0/s1. The molecule has 142 valence electrons. The first-order valence-corrected chi connectivity index (χ1v) is 9.31. The second kappa shape index (κ2) is 8.80. The zero-order valence-electron chi connectivity index (χ0n) is 15.8. The molecule has 5 heteroatoms. The fourth-order valence-corrected chi connectivity index (χ4v) is 3.12. The molecule has 0 bridgehead atoms. The van der Waals surface area contributed by atoms with Gasteiger partial charge in [0.1, 0.15) is 5.82 Å². The van der Waals surface area contributed by atoms with Crippen LogP contribution in [0.25, 0.3) is 0 Å². The van der Waals surface area contributed by atoms with Gasteiger partial charge in [0.05, 0.1) is 12.3 Å². The number of oxime groups is 1. The van der Waals surface area contributed by atoms with E-state index in [-0.39, 0.29) is 23.7 Å². The van der Waals surface area contributed by atoms with Crippen LogP contribution in [0, 0.1) is 11.7 Å². The highest BCUT2D eigenvalue weighted by atomic mass is 19.1. The van der Waals surface area contributed by atoms with Crippen molar-refractivity contribution in [3.63, 3.8) is 0 Å². The molecule has 0 aliphatic carbocycles. The van der Waals surface area contributed by atoms with Gasteiger partial charge in [-0.25, -0.2) is 4.39 Å². The second-order valence-corrected chi connectivity index (χ2v) is 7.33. The summed E-state index contributed by atoms with van der Waals surface area (Å²) in [6.45, 7) is 4.95. The Morgan fingerprint density at radius 2 is 1.89 bits per heavy atom. The molecule has 0 aromatic heterocycles. The van der Waals surface area contributed by atoms with Crippen molar-refractivity contribution in [2.24, 2.45) is 11.1 Å². The predicted molar refractivity (Wildman–Crippen MR) is 104 cm³/mol. The molecule has 1 aliphatic heterocycles. The highest BCUT2D eigenvalue weighted by Crippen LogP contribution is 2.19. The average Bonchev–Trinajstić information content (AvgIpc) is 3.12. The second-order valence-electron chi connectivity index (χ2n) is 7.33. The Morgan fingerprint density at radius 1 is 1.19 bits per heavy atom. The first-order chi connectivity index (χ1) is 13.0. The number of hydrogen-bond acceptors (Lipinski definition) is 3. The lowest BCUT2D eigenvalue weighted by molar-refractivity contribution is -0.134. The van der Waals surface area contributed by atoms with Gasteiger partial charge in [-0.3, -0.25) is 4.79 Å². The maximum Gasteiger partial charge on any atom is 0.223 e. The number of nitrogens with zero attached hydrogens (tertiary/aromatic N) is 2. The minimum absolute atomic E-state index is 0.0751. The summed E-state index contributed by atoms with van der Waals surface area (Å²) in [5.41, 5.74) is 2.84. The number of hydrogen-bond donors (Lipinski definition) is 0. The van der Waals surface area contributed by atoms with E-state index in [9.17, 15) is 9.18 Å². The third-order valence-corrected chi connectivity index (χ3v) is 4.49. The van der Waals surface area contributed by atoms with Crippen LogP contribution in [-0.4, -0.2) is 29.2 Å². The third-order valence-electron chi connectivity index (χ3n) is 4.49. The van der Waals surface area contributed by atoms with Gasteiger partial charge in [-0.15, -0.1) is 0 Å². The van der Waals surface area contributed by atoms with Crippen molar-refractivity contribution >= 4 is 11.6 Å². The molecule has 1 atom stereocenters. The molecule has 0 fully saturated rings. The van der Waals surface area contributed by atoms with Crippen LogP contribution in [0.5, 0.6) is 0 Å². The van der Waals surface area contributed by atoms with Crippen molar-refractivity contribution in [1.82, 2.24) is 4.90 Å². The SMILES string of the molecule is CC(C)CC(=O)N(Cc1ccc(F)cc1)C[C@@H]1CC(c2ccccc2)=NO1. The molecular weight excluding hydrogens is 343 g/mol. The summed E-state index contributed by atoms with van der Waals surface area (Å²) in [5, 5.41) is 4.21. The first kappa shape index (κ1) is 19.1. The summed E-state index contributed by atoms with van der Waals surface area (Å²) in [6.07, 6.45) is 0.968. The van der Waals surface area contributed by atoms with E-state index in [1.807, 2.05) is 44.2 Å². The summed E-state index contributed by atoms with van der Waals surface area (Å²) in [7, 11) is 0. The lowest BCUT2D eigenvalue weighted by atomic mass is 10.0. The molecule has 0 N–H and O–H groups in total. The normalized spacial score (nSPS) is 16.1. The zero-order chi connectivity index (χ0) is 19.2. The van der Waals surface area contributed by atoms with Crippen molar-refractivity contribution in [2.45, 2.75) is 39.3 Å². The highest BCUT2D eigenvalue weighted by Gasteiger charge is 2.27. The number of benzene rings is 2.